The lowest BCUT2D eigenvalue weighted by atomic mass is 10.1. The highest BCUT2D eigenvalue weighted by molar-refractivity contribution is 7.17. The van der Waals surface area contributed by atoms with Crippen molar-refractivity contribution < 1.29 is 9.47 Å². The highest BCUT2D eigenvalue weighted by atomic mass is 32.1. The first kappa shape index (κ1) is 13.2. The first-order valence-electron chi connectivity index (χ1n) is 6.93. The SMILES string of the molecule is Cc1sc2nc(-c3ccc4c(c3)OCO4)c(CC#N)n2c1C. The first-order valence-corrected chi connectivity index (χ1v) is 7.75. The fraction of sp³-hybridized carbons (Fsp3) is 0.250. The Balaban J connectivity index is 1.95. The quantitative estimate of drug-likeness (QED) is 0.727. The largest absolute Gasteiger partial charge is 0.454 e. The van der Waals surface area contributed by atoms with Gasteiger partial charge in [-0.15, -0.1) is 11.3 Å². The Morgan fingerprint density at radius 3 is 2.95 bits per heavy atom. The van der Waals surface area contributed by atoms with E-state index in [9.17, 15) is 5.26 Å². The van der Waals surface area contributed by atoms with E-state index in [4.69, 9.17) is 14.5 Å². The Morgan fingerprint density at radius 2 is 2.14 bits per heavy atom. The van der Waals surface area contributed by atoms with Gasteiger partial charge in [0.1, 0.15) is 0 Å². The molecule has 110 valence electrons. The zero-order valence-electron chi connectivity index (χ0n) is 12.2. The van der Waals surface area contributed by atoms with Crippen LogP contribution in [0, 0.1) is 25.2 Å². The van der Waals surface area contributed by atoms with Gasteiger partial charge in [-0.05, 0) is 32.0 Å². The number of benzene rings is 1. The van der Waals surface area contributed by atoms with E-state index in [1.807, 2.05) is 18.2 Å². The Bertz CT molecular complexity index is 933. The summed E-state index contributed by atoms with van der Waals surface area (Å²) in [5, 5.41) is 9.19. The number of ether oxygens (including phenoxy) is 2. The first-order chi connectivity index (χ1) is 10.7. The van der Waals surface area contributed by atoms with Crippen molar-refractivity contribution in [3.63, 3.8) is 0 Å². The average Bonchev–Trinajstić information content (AvgIpc) is 3.17. The molecule has 0 atom stereocenters. The standard InChI is InChI=1S/C16H13N3O2S/c1-9-10(2)22-16-18-15(12(5-6-17)19(9)16)11-3-4-13-14(7-11)21-8-20-13/h3-4,7H,5,8H2,1-2H3. The minimum absolute atomic E-state index is 0.250. The van der Waals surface area contributed by atoms with E-state index in [0.29, 0.717) is 6.42 Å². The lowest BCUT2D eigenvalue weighted by Crippen LogP contribution is -1.95. The van der Waals surface area contributed by atoms with Crippen LogP contribution in [0.4, 0.5) is 0 Å². The molecular weight excluding hydrogens is 298 g/mol. The molecule has 0 amide bonds. The molecule has 1 aromatic carbocycles. The van der Waals surface area contributed by atoms with Gasteiger partial charge >= 0.3 is 0 Å². The van der Waals surface area contributed by atoms with Crippen molar-refractivity contribution in [3.05, 3.63) is 34.5 Å². The summed E-state index contributed by atoms with van der Waals surface area (Å²) in [5.74, 6) is 1.48. The molecule has 0 unspecified atom stereocenters. The maximum atomic E-state index is 9.19. The van der Waals surface area contributed by atoms with Gasteiger partial charge in [-0.25, -0.2) is 4.98 Å². The predicted molar refractivity (Wildman–Crippen MR) is 83.4 cm³/mol. The lowest BCUT2D eigenvalue weighted by Gasteiger charge is -2.04. The Kier molecular flexibility index (Phi) is 2.84. The molecule has 6 heteroatoms. The van der Waals surface area contributed by atoms with Gasteiger partial charge in [0.25, 0.3) is 0 Å². The van der Waals surface area contributed by atoms with E-state index in [2.05, 4.69) is 24.3 Å². The van der Waals surface area contributed by atoms with E-state index in [0.717, 1.165) is 39.1 Å². The summed E-state index contributed by atoms with van der Waals surface area (Å²) in [4.78, 5) is 6.89. The van der Waals surface area contributed by atoms with Gasteiger partial charge in [0.05, 0.1) is 23.9 Å². The molecule has 0 bridgehead atoms. The summed E-state index contributed by atoms with van der Waals surface area (Å²) in [6.45, 7) is 4.39. The minimum atomic E-state index is 0.250. The molecule has 1 aliphatic heterocycles. The summed E-state index contributed by atoms with van der Waals surface area (Å²) in [6, 6.07) is 8.03. The Labute approximate surface area is 131 Å². The molecule has 1 aliphatic rings. The van der Waals surface area contributed by atoms with Crippen LogP contribution in [0.2, 0.25) is 0 Å². The number of aryl methyl sites for hydroxylation is 2. The number of hydrogen-bond donors (Lipinski definition) is 0. The van der Waals surface area contributed by atoms with E-state index in [1.54, 1.807) is 11.3 Å². The van der Waals surface area contributed by atoms with Crippen LogP contribution in [-0.2, 0) is 6.42 Å². The number of imidazole rings is 1. The van der Waals surface area contributed by atoms with Gasteiger partial charge < -0.3 is 9.47 Å². The van der Waals surface area contributed by atoms with Crippen molar-refractivity contribution in [1.82, 2.24) is 9.38 Å². The third-order valence-electron chi connectivity index (χ3n) is 3.92. The normalized spacial score (nSPS) is 12.8. The fourth-order valence-corrected chi connectivity index (χ4v) is 3.71. The molecule has 5 nitrogen and oxygen atoms in total. The number of fused-ring (bicyclic) bond motifs is 2. The second-order valence-electron chi connectivity index (χ2n) is 5.17. The van der Waals surface area contributed by atoms with Crippen LogP contribution in [-0.4, -0.2) is 16.2 Å². The van der Waals surface area contributed by atoms with Gasteiger partial charge in [0.2, 0.25) is 6.79 Å². The average molecular weight is 311 g/mol. The van der Waals surface area contributed by atoms with Crippen molar-refractivity contribution in [1.29, 1.82) is 5.26 Å². The fourth-order valence-electron chi connectivity index (χ4n) is 2.73. The van der Waals surface area contributed by atoms with Crippen molar-refractivity contribution in [3.8, 4) is 28.8 Å². The topological polar surface area (TPSA) is 59.5 Å². The zero-order valence-corrected chi connectivity index (χ0v) is 13.0. The Morgan fingerprint density at radius 1 is 1.32 bits per heavy atom. The third-order valence-corrected chi connectivity index (χ3v) is 4.98. The maximum Gasteiger partial charge on any atom is 0.231 e. The van der Waals surface area contributed by atoms with E-state index < -0.39 is 0 Å². The number of rotatable bonds is 2. The molecule has 0 radical (unpaired) electrons. The smallest absolute Gasteiger partial charge is 0.231 e. The summed E-state index contributed by atoms with van der Waals surface area (Å²) in [5.41, 5.74) is 3.86. The summed E-state index contributed by atoms with van der Waals surface area (Å²) < 4.78 is 12.9. The van der Waals surface area contributed by atoms with Crippen molar-refractivity contribution >= 4 is 16.3 Å². The monoisotopic (exact) mass is 311 g/mol. The van der Waals surface area contributed by atoms with Crippen LogP contribution in [0.3, 0.4) is 0 Å². The van der Waals surface area contributed by atoms with Gasteiger partial charge in [-0.3, -0.25) is 4.40 Å². The molecule has 0 saturated carbocycles. The van der Waals surface area contributed by atoms with Gasteiger partial charge in [-0.1, -0.05) is 0 Å². The predicted octanol–water partition coefficient (Wildman–Crippen LogP) is 3.47. The highest BCUT2D eigenvalue weighted by Crippen LogP contribution is 2.38. The molecular formula is C16H13N3O2S. The second-order valence-corrected chi connectivity index (χ2v) is 6.35. The van der Waals surface area contributed by atoms with Crippen LogP contribution in [0.5, 0.6) is 11.5 Å². The summed E-state index contributed by atoms with van der Waals surface area (Å²) in [7, 11) is 0. The molecule has 2 aromatic heterocycles. The van der Waals surface area contributed by atoms with Crippen molar-refractivity contribution in [2.75, 3.05) is 6.79 Å². The number of hydrogen-bond acceptors (Lipinski definition) is 5. The van der Waals surface area contributed by atoms with Crippen LogP contribution in [0.1, 0.15) is 16.3 Å². The van der Waals surface area contributed by atoms with Crippen LogP contribution in [0.15, 0.2) is 18.2 Å². The molecule has 0 aliphatic carbocycles. The zero-order chi connectivity index (χ0) is 15.3. The number of nitriles is 1. The minimum Gasteiger partial charge on any atom is -0.454 e. The maximum absolute atomic E-state index is 9.19. The van der Waals surface area contributed by atoms with Crippen LogP contribution >= 0.6 is 11.3 Å². The molecule has 4 rings (SSSR count). The molecule has 0 fully saturated rings. The van der Waals surface area contributed by atoms with Gasteiger partial charge in [-0.2, -0.15) is 5.26 Å². The summed E-state index contributed by atoms with van der Waals surface area (Å²) >= 11 is 1.65. The van der Waals surface area contributed by atoms with Crippen molar-refractivity contribution in [2.24, 2.45) is 0 Å². The van der Waals surface area contributed by atoms with E-state index in [-0.39, 0.29) is 6.79 Å². The molecule has 0 saturated heterocycles. The summed E-state index contributed by atoms with van der Waals surface area (Å²) in [6.07, 6.45) is 0.321. The van der Waals surface area contributed by atoms with E-state index in [1.165, 1.54) is 4.88 Å². The third kappa shape index (κ3) is 1.79. The van der Waals surface area contributed by atoms with Crippen LogP contribution < -0.4 is 9.47 Å². The second kappa shape index (κ2) is 4.75. The molecule has 0 spiro atoms. The van der Waals surface area contributed by atoms with E-state index >= 15 is 0 Å². The highest BCUT2D eigenvalue weighted by Gasteiger charge is 2.20. The van der Waals surface area contributed by atoms with Gasteiger partial charge in [0, 0.05) is 16.1 Å². The molecule has 22 heavy (non-hydrogen) atoms. The molecule has 3 aromatic rings. The number of aromatic nitrogens is 2. The van der Waals surface area contributed by atoms with Gasteiger partial charge in [0.15, 0.2) is 16.5 Å². The van der Waals surface area contributed by atoms with Crippen LogP contribution in [0.25, 0.3) is 16.2 Å². The molecule has 0 N–H and O–H groups in total. The number of nitrogens with zero attached hydrogens (tertiary/aromatic N) is 3. The molecule has 3 heterocycles. The number of thiazole rings is 1. The van der Waals surface area contributed by atoms with Crippen molar-refractivity contribution in [2.45, 2.75) is 20.3 Å². The lowest BCUT2D eigenvalue weighted by molar-refractivity contribution is 0.174. The Hall–Kier alpha value is -2.52.